The van der Waals surface area contributed by atoms with Gasteiger partial charge in [0.05, 0.1) is 5.69 Å². The van der Waals surface area contributed by atoms with Crippen LogP contribution < -0.4 is 10.6 Å². The first-order valence-corrected chi connectivity index (χ1v) is 8.66. The summed E-state index contributed by atoms with van der Waals surface area (Å²) in [5.41, 5.74) is 3.67. The second-order valence-electron chi connectivity index (χ2n) is 6.55. The highest BCUT2D eigenvalue weighted by Gasteiger charge is 2.29. The molecule has 1 heterocycles. The lowest BCUT2D eigenvalue weighted by Gasteiger charge is -2.10. The summed E-state index contributed by atoms with van der Waals surface area (Å²) in [5, 5.41) is 16.8. The summed E-state index contributed by atoms with van der Waals surface area (Å²) in [6.45, 7) is 1.92. The fraction of sp³-hybridized carbons (Fsp3) is 0.211. The standard InChI is InChI=1S/C19H18N6O2/c1-12-10-16(8-9-17(12)25-11-20-23-24-25)22-19(27)14-4-6-15(7-5-14)21-18(26)13-2-3-13/h4-11,13H,2-3H2,1H3,(H,21,26)(H,22,27). The van der Waals surface area contributed by atoms with Gasteiger partial charge in [0, 0.05) is 22.9 Å². The number of anilines is 2. The number of hydrogen-bond acceptors (Lipinski definition) is 5. The number of aryl methyl sites for hydroxylation is 1. The Morgan fingerprint density at radius 2 is 1.78 bits per heavy atom. The summed E-state index contributed by atoms with van der Waals surface area (Å²) >= 11 is 0. The van der Waals surface area contributed by atoms with Gasteiger partial charge in [0.15, 0.2) is 0 Å². The van der Waals surface area contributed by atoms with Crippen molar-refractivity contribution in [2.75, 3.05) is 10.6 Å². The van der Waals surface area contributed by atoms with Crippen LogP contribution in [0.15, 0.2) is 48.8 Å². The molecule has 2 N–H and O–H groups in total. The van der Waals surface area contributed by atoms with Crippen molar-refractivity contribution >= 4 is 23.2 Å². The number of tetrazole rings is 1. The van der Waals surface area contributed by atoms with Gasteiger partial charge in [-0.1, -0.05) is 0 Å². The highest BCUT2D eigenvalue weighted by Crippen LogP contribution is 2.30. The van der Waals surface area contributed by atoms with E-state index in [-0.39, 0.29) is 17.7 Å². The number of carbonyl (C=O) groups excluding carboxylic acids is 2. The molecule has 0 bridgehead atoms. The molecule has 1 aliphatic carbocycles. The highest BCUT2D eigenvalue weighted by atomic mass is 16.2. The van der Waals surface area contributed by atoms with Crippen molar-refractivity contribution in [2.45, 2.75) is 19.8 Å². The minimum Gasteiger partial charge on any atom is -0.326 e. The fourth-order valence-corrected chi connectivity index (χ4v) is 2.76. The number of amides is 2. The molecule has 1 aromatic heterocycles. The molecule has 2 amide bonds. The van der Waals surface area contributed by atoms with Gasteiger partial charge in [0.25, 0.3) is 5.91 Å². The van der Waals surface area contributed by atoms with E-state index in [9.17, 15) is 9.59 Å². The Hall–Kier alpha value is -3.55. The van der Waals surface area contributed by atoms with Gasteiger partial charge in [-0.3, -0.25) is 9.59 Å². The van der Waals surface area contributed by atoms with E-state index in [1.165, 1.54) is 6.33 Å². The summed E-state index contributed by atoms with van der Waals surface area (Å²) < 4.78 is 1.57. The van der Waals surface area contributed by atoms with E-state index in [1.54, 1.807) is 35.0 Å². The Kier molecular flexibility index (Phi) is 4.37. The van der Waals surface area contributed by atoms with Crippen LogP contribution in [0, 0.1) is 12.8 Å². The van der Waals surface area contributed by atoms with Crippen molar-refractivity contribution < 1.29 is 9.59 Å². The molecule has 0 aliphatic heterocycles. The largest absolute Gasteiger partial charge is 0.326 e. The molecule has 2 aromatic carbocycles. The predicted octanol–water partition coefficient (Wildman–Crippen LogP) is 2.57. The van der Waals surface area contributed by atoms with Crippen LogP contribution in [0.3, 0.4) is 0 Å². The molecule has 8 nitrogen and oxygen atoms in total. The number of nitrogens with one attached hydrogen (secondary N) is 2. The van der Waals surface area contributed by atoms with Crippen LogP contribution in [-0.4, -0.2) is 32.0 Å². The van der Waals surface area contributed by atoms with Crippen molar-refractivity contribution in [3.8, 4) is 5.69 Å². The molecule has 1 saturated carbocycles. The summed E-state index contributed by atoms with van der Waals surface area (Å²) in [6, 6.07) is 12.4. The number of rotatable bonds is 5. The van der Waals surface area contributed by atoms with Crippen LogP contribution in [0.1, 0.15) is 28.8 Å². The summed E-state index contributed by atoms with van der Waals surface area (Å²) in [6.07, 6.45) is 3.43. The van der Waals surface area contributed by atoms with Crippen LogP contribution in [0.4, 0.5) is 11.4 Å². The normalized spacial score (nSPS) is 13.2. The maximum atomic E-state index is 12.5. The zero-order valence-corrected chi connectivity index (χ0v) is 14.7. The second kappa shape index (κ2) is 6.99. The molecule has 0 saturated heterocycles. The molecule has 3 aromatic rings. The topological polar surface area (TPSA) is 102 Å². The SMILES string of the molecule is Cc1cc(NC(=O)c2ccc(NC(=O)C3CC3)cc2)ccc1-n1cnnn1. The van der Waals surface area contributed by atoms with Gasteiger partial charge in [-0.05, 0) is 78.2 Å². The molecule has 1 fully saturated rings. The van der Waals surface area contributed by atoms with Crippen molar-refractivity contribution in [2.24, 2.45) is 5.92 Å². The molecule has 4 rings (SSSR count). The maximum Gasteiger partial charge on any atom is 0.255 e. The third-order valence-corrected chi connectivity index (χ3v) is 4.41. The maximum absolute atomic E-state index is 12.5. The van der Waals surface area contributed by atoms with Gasteiger partial charge in [-0.15, -0.1) is 5.10 Å². The third kappa shape index (κ3) is 3.84. The average molecular weight is 362 g/mol. The zero-order valence-electron chi connectivity index (χ0n) is 14.7. The number of hydrogen-bond donors (Lipinski definition) is 2. The van der Waals surface area contributed by atoms with Crippen LogP contribution in [-0.2, 0) is 4.79 Å². The van der Waals surface area contributed by atoms with Crippen molar-refractivity contribution in [1.82, 2.24) is 20.2 Å². The molecule has 136 valence electrons. The van der Waals surface area contributed by atoms with Gasteiger partial charge in [-0.2, -0.15) is 0 Å². The van der Waals surface area contributed by atoms with Crippen LogP contribution >= 0.6 is 0 Å². The molecule has 0 spiro atoms. The van der Waals surface area contributed by atoms with Crippen molar-refractivity contribution in [3.05, 3.63) is 59.9 Å². The molecule has 0 atom stereocenters. The predicted molar refractivity (Wildman–Crippen MR) is 99.6 cm³/mol. The lowest BCUT2D eigenvalue weighted by atomic mass is 10.1. The molecular formula is C19H18N6O2. The first kappa shape index (κ1) is 16.9. The van der Waals surface area contributed by atoms with Gasteiger partial charge < -0.3 is 10.6 Å². The van der Waals surface area contributed by atoms with E-state index in [4.69, 9.17) is 0 Å². The minimum absolute atomic E-state index is 0.0466. The van der Waals surface area contributed by atoms with E-state index < -0.39 is 0 Å². The van der Waals surface area contributed by atoms with Crippen LogP contribution in [0.5, 0.6) is 0 Å². The van der Waals surface area contributed by atoms with Gasteiger partial charge in [0.2, 0.25) is 5.91 Å². The van der Waals surface area contributed by atoms with E-state index in [0.717, 1.165) is 24.1 Å². The smallest absolute Gasteiger partial charge is 0.255 e. The first-order chi connectivity index (χ1) is 13.1. The minimum atomic E-state index is -0.218. The van der Waals surface area contributed by atoms with Crippen molar-refractivity contribution in [1.29, 1.82) is 0 Å². The lowest BCUT2D eigenvalue weighted by molar-refractivity contribution is -0.117. The van der Waals surface area contributed by atoms with E-state index >= 15 is 0 Å². The molecule has 0 unspecified atom stereocenters. The Bertz CT molecular complexity index is 978. The summed E-state index contributed by atoms with van der Waals surface area (Å²) in [5.74, 6) is -0.0255. The first-order valence-electron chi connectivity index (χ1n) is 8.66. The zero-order chi connectivity index (χ0) is 18.8. The number of carbonyl (C=O) groups is 2. The Labute approximate surface area is 155 Å². The van der Waals surface area contributed by atoms with Crippen LogP contribution in [0.25, 0.3) is 5.69 Å². The molecule has 8 heteroatoms. The number of aromatic nitrogens is 4. The Morgan fingerprint density at radius 1 is 1.04 bits per heavy atom. The average Bonchev–Trinajstić information content (AvgIpc) is 3.38. The third-order valence-electron chi connectivity index (χ3n) is 4.41. The Morgan fingerprint density at radius 3 is 2.41 bits per heavy atom. The quantitative estimate of drug-likeness (QED) is 0.726. The van der Waals surface area contributed by atoms with E-state index in [0.29, 0.717) is 16.9 Å². The van der Waals surface area contributed by atoms with E-state index in [2.05, 4.69) is 26.2 Å². The van der Waals surface area contributed by atoms with Crippen LogP contribution in [0.2, 0.25) is 0 Å². The molecular weight excluding hydrogens is 344 g/mol. The number of benzene rings is 2. The van der Waals surface area contributed by atoms with Gasteiger partial charge in [0.1, 0.15) is 6.33 Å². The fourth-order valence-electron chi connectivity index (χ4n) is 2.76. The second-order valence-corrected chi connectivity index (χ2v) is 6.55. The van der Waals surface area contributed by atoms with Gasteiger partial charge >= 0.3 is 0 Å². The van der Waals surface area contributed by atoms with Crippen molar-refractivity contribution in [3.63, 3.8) is 0 Å². The summed E-state index contributed by atoms with van der Waals surface area (Å²) in [4.78, 5) is 24.2. The Balaban J connectivity index is 1.42. The lowest BCUT2D eigenvalue weighted by Crippen LogP contribution is -2.14. The highest BCUT2D eigenvalue weighted by molar-refractivity contribution is 6.04. The molecule has 1 aliphatic rings. The summed E-state index contributed by atoms with van der Waals surface area (Å²) in [7, 11) is 0. The van der Waals surface area contributed by atoms with E-state index in [1.807, 2.05) is 19.1 Å². The molecule has 27 heavy (non-hydrogen) atoms. The monoisotopic (exact) mass is 362 g/mol. The number of nitrogens with zero attached hydrogens (tertiary/aromatic N) is 4. The van der Waals surface area contributed by atoms with Gasteiger partial charge in [-0.25, -0.2) is 4.68 Å². The molecule has 0 radical (unpaired) electrons.